The quantitative estimate of drug-likeness (QED) is 0.878. The average molecular weight is 261 g/mol. The molecule has 3 nitrogen and oxygen atoms in total. The number of nitrogens with one attached hydrogen (secondary N) is 1. The number of hydrogen-bond donors (Lipinski definition) is 2. The van der Waals surface area contributed by atoms with Crippen molar-refractivity contribution in [1.29, 1.82) is 0 Å². The maximum Gasteiger partial charge on any atom is 0.145 e. The molecule has 1 aliphatic rings. The normalized spacial score (nSPS) is 18.7. The second kappa shape index (κ2) is 4.78. The third-order valence-corrected chi connectivity index (χ3v) is 3.55. The number of rotatable bonds is 3. The molecule has 0 bridgehead atoms. The van der Waals surface area contributed by atoms with Gasteiger partial charge in [0.05, 0.1) is 22.2 Å². The van der Waals surface area contributed by atoms with Gasteiger partial charge in [-0.2, -0.15) is 0 Å². The topological polar surface area (TPSA) is 45.1 Å². The number of aliphatic hydroxyl groups excluding tert-OH is 1. The summed E-state index contributed by atoms with van der Waals surface area (Å²) < 4.78 is 0. The van der Waals surface area contributed by atoms with Crippen LogP contribution < -0.4 is 5.32 Å². The van der Waals surface area contributed by atoms with Gasteiger partial charge in [-0.1, -0.05) is 36.0 Å². The van der Waals surface area contributed by atoms with E-state index in [9.17, 15) is 5.11 Å². The van der Waals surface area contributed by atoms with Gasteiger partial charge in [0.1, 0.15) is 5.82 Å². The van der Waals surface area contributed by atoms with Gasteiger partial charge < -0.3 is 10.4 Å². The predicted molar refractivity (Wildman–Crippen MR) is 66.2 cm³/mol. The molecule has 88 valence electrons. The highest BCUT2D eigenvalue weighted by Gasteiger charge is 2.33. The van der Waals surface area contributed by atoms with Crippen molar-refractivity contribution < 1.29 is 5.11 Å². The molecule has 0 atom stereocenters. The van der Waals surface area contributed by atoms with E-state index in [2.05, 4.69) is 10.3 Å². The summed E-state index contributed by atoms with van der Waals surface area (Å²) in [5.41, 5.74) is -0.259. The molecule has 0 spiro atoms. The van der Waals surface area contributed by atoms with E-state index in [-0.39, 0.29) is 12.1 Å². The van der Waals surface area contributed by atoms with E-state index in [1.165, 1.54) is 0 Å². The molecule has 1 saturated carbocycles. The van der Waals surface area contributed by atoms with Crippen LogP contribution >= 0.6 is 23.2 Å². The SMILES string of the molecule is OCC1(Nc2ncc(Cl)cc2Cl)CCCC1. The summed E-state index contributed by atoms with van der Waals surface area (Å²) in [6.07, 6.45) is 5.70. The lowest BCUT2D eigenvalue weighted by atomic mass is 9.99. The number of hydrogen-bond acceptors (Lipinski definition) is 3. The molecule has 1 aliphatic carbocycles. The van der Waals surface area contributed by atoms with E-state index in [0.717, 1.165) is 25.7 Å². The fourth-order valence-electron chi connectivity index (χ4n) is 2.13. The van der Waals surface area contributed by atoms with Gasteiger partial charge in [0.15, 0.2) is 0 Å². The summed E-state index contributed by atoms with van der Waals surface area (Å²) in [6.45, 7) is 0.105. The Labute approximate surface area is 105 Å². The third-order valence-electron chi connectivity index (χ3n) is 3.05. The van der Waals surface area contributed by atoms with E-state index in [1.807, 2.05) is 0 Å². The van der Waals surface area contributed by atoms with Crippen LogP contribution in [0.2, 0.25) is 10.0 Å². The Morgan fingerprint density at radius 1 is 1.38 bits per heavy atom. The van der Waals surface area contributed by atoms with Gasteiger partial charge in [0.2, 0.25) is 0 Å². The van der Waals surface area contributed by atoms with Crippen LogP contribution in [0.25, 0.3) is 0 Å². The Hall–Kier alpha value is -0.510. The number of aromatic nitrogens is 1. The van der Waals surface area contributed by atoms with Crippen molar-refractivity contribution in [1.82, 2.24) is 4.98 Å². The van der Waals surface area contributed by atoms with Crippen molar-refractivity contribution in [2.24, 2.45) is 0 Å². The number of pyridine rings is 1. The maximum absolute atomic E-state index is 9.46. The van der Waals surface area contributed by atoms with Gasteiger partial charge in [0.25, 0.3) is 0 Å². The van der Waals surface area contributed by atoms with Crippen molar-refractivity contribution in [2.45, 2.75) is 31.2 Å². The monoisotopic (exact) mass is 260 g/mol. The summed E-state index contributed by atoms with van der Waals surface area (Å²) in [4.78, 5) is 4.15. The number of nitrogens with zero attached hydrogens (tertiary/aromatic N) is 1. The molecule has 0 amide bonds. The molecule has 16 heavy (non-hydrogen) atoms. The molecule has 0 radical (unpaired) electrons. The lowest BCUT2D eigenvalue weighted by Gasteiger charge is -2.29. The third kappa shape index (κ3) is 2.42. The minimum Gasteiger partial charge on any atom is -0.394 e. The lowest BCUT2D eigenvalue weighted by molar-refractivity contribution is 0.214. The maximum atomic E-state index is 9.46. The first-order valence-electron chi connectivity index (χ1n) is 5.35. The molecule has 1 heterocycles. The summed E-state index contributed by atoms with van der Waals surface area (Å²) in [5, 5.41) is 13.7. The number of halogens is 2. The van der Waals surface area contributed by atoms with Crippen molar-refractivity contribution in [3.63, 3.8) is 0 Å². The molecule has 1 aromatic heterocycles. The zero-order valence-corrected chi connectivity index (χ0v) is 10.4. The molecule has 0 aliphatic heterocycles. The van der Waals surface area contributed by atoms with E-state index >= 15 is 0 Å². The van der Waals surface area contributed by atoms with Gasteiger partial charge in [-0.25, -0.2) is 4.98 Å². The minimum absolute atomic E-state index is 0.105. The van der Waals surface area contributed by atoms with Crippen LogP contribution in [0.3, 0.4) is 0 Å². The van der Waals surface area contributed by atoms with Crippen LogP contribution in [0, 0.1) is 0 Å². The highest BCUT2D eigenvalue weighted by atomic mass is 35.5. The fourth-order valence-corrected chi connectivity index (χ4v) is 2.56. The van der Waals surface area contributed by atoms with Gasteiger partial charge in [-0.3, -0.25) is 0 Å². The van der Waals surface area contributed by atoms with E-state index in [0.29, 0.717) is 15.9 Å². The first-order chi connectivity index (χ1) is 7.65. The lowest BCUT2D eigenvalue weighted by Crippen LogP contribution is -2.39. The predicted octanol–water partition coefficient (Wildman–Crippen LogP) is 3.11. The molecule has 2 rings (SSSR count). The second-order valence-electron chi connectivity index (χ2n) is 4.25. The smallest absolute Gasteiger partial charge is 0.145 e. The van der Waals surface area contributed by atoms with Crippen molar-refractivity contribution >= 4 is 29.0 Å². The Kier molecular flexibility index (Phi) is 3.57. The van der Waals surface area contributed by atoms with Crippen molar-refractivity contribution in [3.05, 3.63) is 22.3 Å². The molecule has 1 fully saturated rings. The molecule has 5 heteroatoms. The molecule has 0 unspecified atom stereocenters. The van der Waals surface area contributed by atoms with Crippen LogP contribution in [0.15, 0.2) is 12.3 Å². The van der Waals surface area contributed by atoms with E-state index in [4.69, 9.17) is 23.2 Å². The van der Waals surface area contributed by atoms with Gasteiger partial charge in [0, 0.05) is 6.20 Å². The Morgan fingerprint density at radius 3 is 2.62 bits per heavy atom. The summed E-state index contributed by atoms with van der Waals surface area (Å²) in [7, 11) is 0. The molecule has 1 aromatic rings. The average Bonchev–Trinajstić information content (AvgIpc) is 2.72. The molecular weight excluding hydrogens is 247 g/mol. The van der Waals surface area contributed by atoms with Crippen LogP contribution in [0.1, 0.15) is 25.7 Å². The molecule has 0 aromatic carbocycles. The summed E-state index contributed by atoms with van der Waals surface area (Å²) in [5.74, 6) is 0.599. The first kappa shape index (κ1) is 12.0. The standard InChI is InChI=1S/C11H14Cl2N2O/c12-8-5-9(13)10(14-6-8)15-11(7-16)3-1-2-4-11/h5-6,16H,1-4,7H2,(H,14,15). The van der Waals surface area contributed by atoms with E-state index < -0.39 is 0 Å². The van der Waals surface area contributed by atoms with Crippen LogP contribution in [0.5, 0.6) is 0 Å². The highest BCUT2D eigenvalue weighted by Crippen LogP contribution is 2.34. The summed E-state index contributed by atoms with van der Waals surface area (Å²) >= 11 is 11.8. The van der Waals surface area contributed by atoms with Crippen LogP contribution in [-0.4, -0.2) is 22.2 Å². The zero-order chi connectivity index (χ0) is 11.6. The first-order valence-corrected chi connectivity index (χ1v) is 6.11. The van der Waals surface area contributed by atoms with E-state index in [1.54, 1.807) is 12.3 Å². The largest absolute Gasteiger partial charge is 0.394 e. The highest BCUT2D eigenvalue weighted by molar-refractivity contribution is 6.35. The van der Waals surface area contributed by atoms with Crippen LogP contribution in [0.4, 0.5) is 5.82 Å². The van der Waals surface area contributed by atoms with Crippen molar-refractivity contribution in [3.8, 4) is 0 Å². The van der Waals surface area contributed by atoms with Gasteiger partial charge >= 0.3 is 0 Å². The van der Waals surface area contributed by atoms with Gasteiger partial charge in [-0.15, -0.1) is 0 Å². The fraction of sp³-hybridized carbons (Fsp3) is 0.545. The Bertz CT molecular complexity index is 378. The number of aliphatic hydroxyl groups is 1. The van der Waals surface area contributed by atoms with Gasteiger partial charge in [-0.05, 0) is 18.9 Å². The molecular formula is C11H14Cl2N2O. The number of anilines is 1. The van der Waals surface area contributed by atoms with Crippen molar-refractivity contribution in [2.75, 3.05) is 11.9 Å². The van der Waals surface area contributed by atoms with Crippen LogP contribution in [-0.2, 0) is 0 Å². The Balaban J connectivity index is 2.19. The molecule has 2 N–H and O–H groups in total. The minimum atomic E-state index is -0.259. The second-order valence-corrected chi connectivity index (χ2v) is 5.10. The summed E-state index contributed by atoms with van der Waals surface area (Å²) in [6, 6.07) is 1.65. The zero-order valence-electron chi connectivity index (χ0n) is 8.84. The molecule has 0 saturated heterocycles. The Morgan fingerprint density at radius 2 is 2.06 bits per heavy atom.